The Labute approximate surface area is 93.4 Å². The first-order chi connectivity index (χ1) is 6.06. The smallest absolute Gasteiger partial charge is 0.197 e. The largest absolute Gasteiger partial charge is 0.396 e. The number of Topliss-reactive ketones (excluding diaryl/α,β-unsaturated/α-hetero) is 1. The molecule has 0 atom stereocenters. The molecule has 1 aromatic heterocycles. The minimum Gasteiger partial charge on any atom is -0.396 e. The molecule has 1 rings (SSSR count). The number of pyridine rings is 1. The Balaban J connectivity index is 3.23. The lowest BCUT2D eigenvalue weighted by atomic mass is 10.2. The average Bonchev–Trinajstić information content (AvgIpc) is 2.10. The molecule has 0 saturated heterocycles. The van der Waals surface area contributed by atoms with E-state index < -0.39 is 0 Å². The van der Waals surface area contributed by atoms with Crippen LogP contribution in [0.3, 0.4) is 0 Å². The number of nitrogens with zero attached hydrogens (tertiary/aromatic N) is 1. The van der Waals surface area contributed by atoms with Crippen molar-refractivity contribution in [2.75, 3.05) is 11.6 Å². The second-order valence-corrected chi connectivity index (χ2v) is 3.74. The molecule has 13 heavy (non-hydrogen) atoms. The van der Waals surface area contributed by atoms with Crippen molar-refractivity contribution in [1.29, 1.82) is 0 Å². The minimum atomic E-state index is -0.296. The van der Waals surface area contributed by atoms with Gasteiger partial charge in [-0.3, -0.25) is 4.79 Å². The molecule has 0 radical (unpaired) electrons. The second-order valence-electron chi connectivity index (χ2n) is 2.26. The summed E-state index contributed by atoms with van der Waals surface area (Å²) in [7, 11) is 0. The van der Waals surface area contributed by atoms with Crippen LogP contribution in [0.5, 0.6) is 0 Å². The summed E-state index contributed by atoms with van der Waals surface area (Å²) in [5.41, 5.74) is 5.98. The van der Waals surface area contributed by atoms with Crippen molar-refractivity contribution < 1.29 is 4.79 Å². The lowest BCUT2D eigenvalue weighted by molar-refractivity contribution is 0.101. The molecule has 1 aromatic rings. The predicted octanol–water partition coefficient (Wildman–Crippen LogP) is 2.50. The molecule has 0 spiro atoms. The number of carbonyl (C=O) groups is 1. The number of anilines is 1. The molecule has 70 valence electrons. The summed E-state index contributed by atoms with van der Waals surface area (Å²) in [5.74, 6) is -0.429. The number of alkyl halides is 1. The van der Waals surface area contributed by atoms with Gasteiger partial charge in [-0.05, 0) is 22.0 Å². The van der Waals surface area contributed by atoms with Gasteiger partial charge in [-0.15, -0.1) is 11.6 Å². The summed E-state index contributed by atoms with van der Waals surface area (Å²) in [6.07, 6.45) is 0. The fourth-order valence-corrected chi connectivity index (χ4v) is 1.56. The standard InChI is InChI=1S/C7H5BrCl2N2O/c8-3-1-4(11)7(10)12-6(3)5(13)2-9/h1H,2,11H2. The molecule has 0 unspecified atom stereocenters. The van der Waals surface area contributed by atoms with E-state index >= 15 is 0 Å². The topological polar surface area (TPSA) is 56.0 Å². The van der Waals surface area contributed by atoms with Crippen molar-refractivity contribution in [2.45, 2.75) is 0 Å². The van der Waals surface area contributed by atoms with E-state index in [1.807, 2.05) is 0 Å². The van der Waals surface area contributed by atoms with E-state index in [1.165, 1.54) is 6.07 Å². The summed E-state index contributed by atoms with van der Waals surface area (Å²) < 4.78 is 0.500. The van der Waals surface area contributed by atoms with Gasteiger partial charge in [-0.1, -0.05) is 11.6 Å². The Kier molecular flexibility index (Phi) is 3.53. The van der Waals surface area contributed by atoms with Gasteiger partial charge in [0.2, 0.25) is 0 Å². The van der Waals surface area contributed by atoms with E-state index in [0.717, 1.165) is 0 Å². The maximum atomic E-state index is 11.2. The van der Waals surface area contributed by atoms with Gasteiger partial charge in [0.25, 0.3) is 0 Å². The number of aromatic nitrogens is 1. The van der Waals surface area contributed by atoms with Crippen LogP contribution < -0.4 is 5.73 Å². The van der Waals surface area contributed by atoms with Crippen LogP contribution in [-0.2, 0) is 0 Å². The van der Waals surface area contributed by atoms with E-state index in [4.69, 9.17) is 28.9 Å². The SMILES string of the molecule is Nc1cc(Br)c(C(=O)CCl)nc1Cl. The average molecular weight is 284 g/mol. The summed E-state index contributed by atoms with van der Waals surface area (Å²) >= 11 is 14.1. The lowest BCUT2D eigenvalue weighted by Gasteiger charge is -2.03. The van der Waals surface area contributed by atoms with Gasteiger partial charge < -0.3 is 5.73 Å². The number of carbonyl (C=O) groups excluding carboxylic acids is 1. The number of ketones is 1. The van der Waals surface area contributed by atoms with Crippen LogP contribution in [-0.4, -0.2) is 16.6 Å². The van der Waals surface area contributed by atoms with Gasteiger partial charge in [-0.25, -0.2) is 4.98 Å². The van der Waals surface area contributed by atoms with Crippen LogP contribution in [0.1, 0.15) is 10.5 Å². The third-order valence-corrected chi connectivity index (χ3v) is 2.49. The van der Waals surface area contributed by atoms with Crippen LogP contribution in [0, 0.1) is 0 Å². The van der Waals surface area contributed by atoms with Gasteiger partial charge >= 0.3 is 0 Å². The number of hydrogen-bond acceptors (Lipinski definition) is 3. The maximum absolute atomic E-state index is 11.2. The third kappa shape index (κ3) is 2.33. The zero-order valence-corrected chi connectivity index (χ0v) is 9.45. The van der Waals surface area contributed by atoms with Crippen LogP contribution in [0.15, 0.2) is 10.5 Å². The summed E-state index contributed by atoms with van der Waals surface area (Å²) in [6.45, 7) is 0. The number of halogens is 3. The Morgan fingerprint density at radius 3 is 2.85 bits per heavy atom. The minimum absolute atomic E-state index is 0.108. The van der Waals surface area contributed by atoms with Gasteiger partial charge in [0.15, 0.2) is 10.9 Å². The second kappa shape index (κ2) is 4.26. The molecule has 0 fully saturated rings. The van der Waals surface area contributed by atoms with Crippen LogP contribution in [0.2, 0.25) is 5.15 Å². The number of hydrogen-bond donors (Lipinski definition) is 1. The third-order valence-electron chi connectivity index (χ3n) is 1.34. The van der Waals surface area contributed by atoms with Gasteiger partial charge in [0, 0.05) is 4.47 Å². The molecule has 2 N–H and O–H groups in total. The molecule has 3 nitrogen and oxygen atoms in total. The van der Waals surface area contributed by atoms with E-state index in [1.54, 1.807) is 0 Å². The van der Waals surface area contributed by atoms with E-state index in [2.05, 4.69) is 20.9 Å². The molecular formula is C7H5BrCl2N2O. The van der Waals surface area contributed by atoms with Crippen molar-refractivity contribution in [2.24, 2.45) is 0 Å². The molecule has 0 aliphatic heterocycles. The molecule has 0 aromatic carbocycles. The van der Waals surface area contributed by atoms with Gasteiger partial charge in [0.05, 0.1) is 11.6 Å². The highest BCUT2D eigenvalue weighted by Crippen LogP contribution is 2.24. The highest BCUT2D eigenvalue weighted by atomic mass is 79.9. The Morgan fingerprint density at radius 2 is 2.31 bits per heavy atom. The first-order valence-electron chi connectivity index (χ1n) is 3.27. The predicted molar refractivity (Wildman–Crippen MR) is 56.4 cm³/mol. The normalized spacial score (nSPS) is 10.1. The molecule has 0 aliphatic carbocycles. The Morgan fingerprint density at radius 1 is 1.69 bits per heavy atom. The van der Waals surface area contributed by atoms with Crippen molar-refractivity contribution in [3.05, 3.63) is 21.4 Å². The van der Waals surface area contributed by atoms with Crippen molar-refractivity contribution in [1.82, 2.24) is 4.98 Å². The lowest BCUT2D eigenvalue weighted by Crippen LogP contribution is -2.06. The van der Waals surface area contributed by atoms with Crippen molar-refractivity contribution in [3.63, 3.8) is 0 Å². The van der Waals surface area contributed by atoms with Crippen LogP contribution in [0.25, 0.3) is 0 Å². The molecular weight excluding hydrogens is 279 g/mol. The monoisotopic (exact) mass is 282 g/mol. The van der Waals surface area contributed by atoms with E-state index in [-0.39, 0.29) is 22.5 Å². The van der Waals surface area contributed by atoms with Crippen molar-refractivity contribution >= 4 is 50.6 Å². The summed E-state index contributed by atoms with van der Waals surface area (Å²) in [6, 6.07) is 1.52. The van der Waals surface area contributed by atoms with Crippen LogP contribution >= 0.6 is 39.1 Å². The maximum Gasteiger partial charge on any atom is 0.197 e. The Bertz CT molecular complexity index is 357. The fourth-order valence-electron chi connectivity index (χ4n) is 0.739. The van der Waals surface area contributed by atoms with E-state index in [9.17, 15) is 4.79 Å². The number of nitrogen functional groups attached to an aromatic ring is 1. The molecule has 0 saturated carbocycles. The first kappa shape index (κ1) is 10.8. The molecule has 0 bridgehead atoms. The zero-order chi connectivity index (χ0) is 10.0. The van der Waals surface area contributed by atoms with Gasteiger partial charge in [-0.2, -0.15) is 0 Å². The highest BCUT2D eigenvalue weighted by Gasteiger charge is 2.13. The van der Waals surface area contributed by atoms with Gasteiger partial charge in [0.1, 0.15) is 5.69 Å². The number of nitrogens with two attached hydrogens (primary N) is 1. The highest BCUT2D eigenvalue weighted by molar-refractivity contribution is 9.10. The fraction of sp³-hybridized carbons (Fsp3) is 0.143. The molecule has 6 heteroatoms. The van der Waals surface area contributed by atoms with Crippen molar-refractivity contribution in [3.8, 4) is 0 Å². The molecule has 0 aliphatic rings. The van der Waals surface area contributed by atoms with Crippen LogP contribution in [0.4, 0.5) is 5.69 Å². The Hall–Kier alpha value is -0.320. The first-order valence-corrected chi connectivity index (χ1v) is 4.97. The summed E-state index contributed by atoms with van der Waals surface area (Å²) in [5, 5.41) is 0.108. The zero-order valence-electron chi connectivity index (χ0n) is 6.35. The number of rotatable bonds is 2. The molecule has 1 heterocycles. The molecule has 0 amide bonds. The summed E-state index contributed by atoms with van der Waals surface area (Å²) in [4.78, 5) is 15.0. The van der Waals surface area contributed by atoms with E-state index in [0.29, 0.717) is 10.2 Å². The quantitative estimate of drug-likeness (QED) is 0.515.